The van der Waals surface area contributed by atoms with Gasteiger partial charge in [0.2, 0.25) is 5.13 Å². The lowest BCUT2D eigenvalue weighted by Gasteiger charge is -2.11. The molecule has 0 unspecified atom stereocenters. The number of rotatable bonds is 9. The zero-order valence-electron chi connectivity index (χ0n) is 18.6. The molecule has 8 nitrogen and oxygen atoms in total. The highest BCUT2D eigenvalue weighted by Gasteiger charge is 2.16. The first kappa shape index (κ1) is 22.9. The molecule has 9 heteroatoms. The minimum atomic E-state index is -0.448. The Labute approximate surface area is 200 Å². The maximum atomic E-state index is 11.4. The van der Waals surface area contributed by atoms with Gasteiger partial charge in [0.25, 0.3) is 0 Å². The van der Waals surface area contributed by atoms with Crippen LogP contribution in [-0.2, 0) is 6.61 Å². The summed E-state index contributed by atoms with van der Waals surface area (Å²) in [5, 5.41) is 18.3. The number of aromatic nitrogens is 1. The van der Waals surface area contributed by atoms with E-state index in [0.29, 0.717) is 10.9 Å². The predicted octanol–water partition coefficient (Wildman–Crippen LogP) is 6.06. The molecule has 0 radical (unpaired) electrons. The van der Waals surface area contributed by atoms with Crippen LogP contribution in [0.15, 0.2) is 77.2 Å². The number of ether oxygens (including phenoxy) is 2. The van der Waals surface area contributed by atoms with Gasteiger partial charge in [0, 0.05) is 22.6 Å². The number of nitro benzene ring substituents is 1. The summed E-state index contributed by atoms with van der Waals surface area (Å²) in [5.41, 5.74) is 7.15. The highest BCUT2D eigenvalue weighted by atomic mass is 32.1. The Bertz CT molecular complexity index is 1320. The van der Waals surface area contributed by atoms with E-state index in [1.807, 2.05) is 47.8 Å². The van der Waals surface area contributed by atoms with Crippen molar-refractivity contribution in [1.82, 2.24) is 4.98 Å². The SMILES string of the molecule is COc1ccc(C=NNc2nc(-c3ccccc3)cs2)cc1COc1ccc(C)cc1[N+](=O)[O-]. The average Bonchev–Trinajstić information content (AvgIpc) is 3.33. The van der Waals surface area contributed by atoms with Gasteiger partial charge in [-0.3, -0.25) is 15.5 Å². The third-order valence-corrected chi connectivity index (χ3v) is 5.69. The number of nitrogens with zero attached hydrogens (tertiary/aromatic N) is 3. The maximum absolute atomic E-state index is 11.4. The van der Waals surface area contributed by atoms with Gasteiger partial charge < -0.3 is 9.47 Å². The van der Waals surface area contributed by atoms with Crippen molar-refractivity contribution in [2.24, 2.45) is 5.10 Å². The molecule has 0 saturated heterocycles. The van der Waals surface area contributed by atoms with Gasteiger partial charge in [-0.05, 0) is 42.3 Å². The molecule has 0 atom stereocenters. The number of aryl methyl sites for hydroxylation is 1. The molecular formula is C25H22N4O4S. The quantitative estimate of drug-likeness (QED) is 0.180. The van der Waals surface area contributed by atoms with Crippen LogP contribution in [-0.4, -0.2) is 23.2 Å². The molecule has 1 heterocycles. The van der Waals surface area contributed by atoms with Crippen LogP contribution in [0.3, 0.4) is 0 Å². The molecule has 34 heavy (non-hydrogen) atoms. The summed E-state index contributed by atoms with van der Waals surface area (Å²) in [6, 6.07) is 20.3. The molecule has 0 fully saturated rings. The molecule has 0 spiro atoms. The molecule has 0 bridgehead atoms. The number of hydrogen-bond acceptors (Lipinski definition) is 8. The van der Waals surface area contributed by atoms with Crippen LogP contribution in [0, 0.1) is 17.0 Å². The number of hydrazone groups is 1. The molecule has 4 aromatic rings. The monoisotopic (exact) mass is 474 g/mol. The molecule has 4 rings (SSSR count). The summed E-state index contributed by atoms with van der Waals surface area (Å²) < 4.78 is 11.2. The van der Waals surface area contributed by atoms with Gasteiger partial charge in [-0.1, -0.05) is 36.4 Å². The second kappa shape index (κ2) is 10.6. The van der Waals surface area contributed by atoms with Gasteiger partial charge in [0.15, 0.2) is 5.75 Å². The average molecular weight is 475 g/mol. The molecule has 172 valence electrons. The largest absolute Gasteiger partial charge is 0.496 e. The van der Waals surface area contributed by atoms with Crippen molar-refractivity contribution >= 4 is 28.4 Å². The molecule has 1 aromatic heterocycles. The maximum Gasteiger partial charge on any atom is 0.311 e. The van der Waals surface area contributed by atoms with E-state index < -0.39 is 4.92 Å². The summed E-state index contributed by atoms with van der Waals surface area (Å²) in [4.78, 5) is 15.5. The summed E-state index contributed by atoms with van der Waals surface area (Å²) in [7, 11) is 1.56. The van der Waals surface area contributed by atoms with Crippen molar-refractivity contribution in [3.63, 3.8) is 0 Å². The second-order valence-corrected chi connectivity index (χ2v) is 8.22. The van der Waals surface area contributed by atoms with Crippen LogP contribution < -0.4 is 14.9 Å². The predicted molar refractivity (Wildman–Crippen MR) is 134 cm³/mol. The third-order valence-electron chi connectivity index (χ3n) is 4.95. The molecule has 0 aliphatic carbocycles. The van der Waals surface area contributed by atoms with Crippen molar-refractivity contribution in [3.05, 3.63) is 98.9 Å². The van der Waals surface area contributed by atoms with Crippen LogP contribution in [0.1, 0.15) is 16.7 Å². The molecule has 0 aliphatic heterocycles. The molecule has 0 aliphatic rings. The van der Waals surface area contributed by atoms with Gasteiger partial charge in [0.05, 0.1) is 23.9 Å². The van der Waals surface area contributed by atoms with E-state index >= 15 is 0 Å². The number of thiazole rings is 1. The zero-order valence-corrected chi connectivity index (χ0v) is 19.4. The first-order chi connectivity index (χ1) is 16.5. The highest BCUT2D eigenvalue weighted by molar-refractivity contribution is 7.14. The van der Waals surface area contributed by atoms with Crippen molar-refractivity contribution in [3.8, 4) is 22.8 Å². The Morgan fingerprint density at radius 2 is 1.91 bits per heavy atom. The van der Waals surface area contributed by atoms with E-state index in [-0.39, 0.29) is 18.0 Å². The van der Waals surface area contributed by atoms with Gasteiger partial charge in [0.1, 0.15) is 12.4 Å². The van der Waals surface area contributed by atoms with E-state index in [9.17, 15) is 10.1 Å². The van der Waals surface area contributed by atoms with Crippen LogP contribution in [0.25, 0.3) is 11.3 Å². The minimum Gasteiger partial charge on any atom is -0.496 e. The second-order valence-electron chi connectivity index (χ2n) is 7.36. The fraction of sp³-hybridized carbons (Fsp3) is 0.120. The number of anilines is 1. The molecular weight excluding hydrogens is 452 g/mol. The first-order valence-corrected chi connectivity index (χ1v) is 11.3. The fourth-order valence-corrected chi connectivity index (χ4v) is 3.94. The first-order valence-electron chi connectivity index (χ1n) is 10.4. The molecule has 3 aromatic carbocycles. The Hall–Kier alpha value is -4.24. The zero-order chi connectivity index (χ0) is 23.9. The lowest BCUT2D eigenvalue weighted by Crippen LogP contribution is -2.02. The van der Waals surface area contributed by atoms with E-state index in [1.54, 1.807) is 38.4 Å². The lowest BCUT2D eigenvalue weighted by atomic mass is 10.1. The Balaban J connectivity index is 1.45. The van der Waals surface area contributed by atoms with Crippen LogP contribution in [0.5, 0.6) is 11.5 Å². The van der Waals surface area contributed by atoms with Gasteiger partial charge in [-0.25, -0.2) is 4.98 Å². The standard InChI is InChI=1S/C25H22N4O4S/c1-17-8-10-24(22(12-17)29(30)31)33-15-20-13-18(9-11-23(20)32-2)14-26-28-25-27-21(16-34-25)19-6-4-3-5-7-19/h3-14,16H,15H2,1-2H3,(H,27,28). The summed E-state index contributed by atoms with van der Waals surface area (Å²) >= 11 is 1.47. The van der Waals surface area contributed by atoms with Gasteiger partial charge in [-0.15, -0.1) is 11.3 Å². The number of methoxy groups -OCH3 is 1. The van der Waals surface area contributed by atoms with Crippen molar-refractivity contribution in [2.75, 3.05) is 12.5 Å². The highest BCUT2D eigenvalue weighted by Crippen LogP contribution is 2.30. The summed E-state index contributed by atoms with van der Waals surface area (Å²) in [6.07, 6.45) is 1.67. The van der Waals surface area contributed by atoms with Gasteiger partial charge in [-0.2, -0.15) is 5.10 Å². The summed E-state index contributed by atoms with van der Waals surface area (Å²) in [6.45, 7) is 1.90. The lowest BCUT2D eigenvalue weighted by molar-refractivity contribution is -0.386. The normalized spacial score (nSPS) is 10.9. The number of hydrogen-bond donors (Lipinski definition) is 1. The number of nitrogens with one attached hydrogen (secondary N) is 1. The van der Waals surface area contributed by atoms with Crippen molar-refractivity contribution < 1.29 is 14.4 Å². The Morgan fingerprint density at radius 3 is 2.68 bits per heavy atom. The number of nitro groups is 1. The minimum absolute atomic E-state index is 0.0702. The topological polar surface area (TPSA) is 98.9 Å². The summed E-state index contributed by atoms with van der Waals surface area (Å²) in [5.74, 6) is 0.823. The van der Waals surface area contributed by atoms with E-state index in [2.05, 4.69) is 15.5 Å². The molecule has 1 N–H and O–H groups in total. The Morgan fingerprint density at radius 1 is 1.12 bits per heavy atom. The molecule has 0 amide bonds. The third kappa shape index (κ3) is 5.57. The Kier molecular flexibility index (Phi) is 7.14. The van der Waals surface area contributed by atoms with Crippen LogP contribution >= 0.6 is 11.3 Å². The van der Waals surface area contributed by atoms with Crippen molar-refractivity contribution in [2.45, 2.75) is 13.5 Å². The smallest absolute Gasteiger partial charge is 0.311 e. The fourth-order valence-electron chi connectivity index (χ4n) is 3.27. The molecule has 0 saturated carbocycles. The van der Waals surface area contributed by atoms with Gasteiger partial charge >= 0.3 is 5.69 Å². The van der Waals surface area contributed by atoms with E-state index in [4.69, 9.17) is 9.47 Å². The van der Waals surface area contributed by atoms with Crippen molar-refractivity contribution in [1.29, 1.82) is 0 Å². The van der Waals surface area contributed by atoms with E-state index in [1.165, 1.54) is 17.4 Å². The van der Waals surface area contributed by atoms with E-state index in [0.717, 1.165) is 27.9 Å². The number of benzene rings is 3. The van der Waals surface area contributed by atoms with Crippen LogP contribution in [0.4, 0.5) is 10.8 Å². The van der Waals surface area contributed by atoms with Crippen LogP contribution in [0.2, 0.25) is 0 Å².